The number of likely N-dealkylation sites (N-methyl/N-ethyl adjacent to an activating group) is 1. The Morgan fingerprint density at radius 3 is 2.54 bits per heavy atom. The van der Waals surface area contributed by atoms with E-state index in [1.807, 2.05) is 72.3 Å². The van der Waals surface area contributed by atoms with Crippen molar-refractivity contribution in [2.75, 3.05) is 32.7 Å². The second kappa shape index (κ2) is 10.3. The van der Waals surface area contributed by atoms with Crippen LogP contribution in [-0.2, 0) is 22.7 Å². The van der Waals surface area contributed by atoms with Crippen LogP contribution in [0.15, 0.2) is 72.8 Å². The van der Waals surface area contributed by atoms with Gasteiger partial charge < -0.3 is 23.8 Å². The monoisotopic (exact) mass is 498 g/mol. The molecule has 1 fully saturated rings. The number of para-hydroxylation sites is 2. The number of rotatable bonds is 8. The fraction of sp³-hybridized carbons (Fsp3) is 0.276. The lowest BCUT2D eigenvalue weighted by molar-refractivity contribution is -0.131. The highest BCUT2D eigenvalue weighted by atomic mass is 16.5. The van der Waals surface area contributed by atoms with Crippen molar-refractivity contribution in [3.8, 4) is 11.5 Å². The van der Waals surface area contributed by atoms with Gasteiger partial charge in [0, 0.05) is 38.5 Å². The number of ether oxygens (including phenoxy) is 2. The number of nitrogens with zero attached hydrogens (tertiary/aromatic N) is 4. The van der Waals surface area contributed by atoms with Crippen LogP contribution in [0.3, 0.4) is 0 Å². The lowest BCUT2D eigenvalue weighted by Gasteiger charge is -2.21. The number of benzene rings is 3. The molecule has 3 aromatic carbocycles. The van der Waals surface area contributed by atoms with E-state index in [9.17, 15) is 9.59 Å². The molecule has 5 rings (SSSR count). The first-order chi connectivity index (χ1) is 18.0. The van der Waals surface area contributed by atoms with Gasteiger partial charge in [0.2, 0.25) is 11.8 Å². The SMILES string of the molecule is COc1ccc(OC)c(N2CC(c3nc4ccccc4n3CC(=O)N(C)Cc3ccccc3)CC2=O)c1. The summed E-state index contributed by atoms with van der Waals surface area (Å²) in [6.45, 7) is 1.10. The maximum absolute atomic E-state index is 13.3. The van der Waals surface area contributed by atoms with Gasteiger partial charge >= 0.3 is 0 Å². The molecule has 1 saturated heterocycles. The van der Waals surface area contributed by atoms with E-state index in [4.69, 9.17) is 14.5 Å². The van der Waals surface area contributed by atoms with Crippen molar-refractivity contribution in [2.24, 2.45) is 0 Å². The van der Waals surface area contributed by atoms with Gasteiger partial charge in [0.1, 0.15) is 23.9 Å². The number of fused-ring (bicyclic) bond motifs is 1. The van der Waals surface area contributed by atoms with E-state index in [2.05, 4.69) is 0 Å². The second-order valence-corrected chi connectivity index (χ2v) is 9.22. The van der Waals surface area contributed by atoms with Crippen molar-refractivity contribution in [1.82, 2.24) is 14.5 Å². The Bertz CT molecular complexity index is 1430. The van der Waals surface area contributed by atoms with Gasteiger partial charge in [-0.1, -0.05) is 42.5 Å². The maximum Gasteiger partial charge on any atom is 0.242 e. The van der Waals surface area contributed by atoms with Crippen molar-refractivity contribution in [1.29, 1.82) is 0 Å². The quantitative estimate of drug-likeness (QED) is 0.363. The summed E-state index contributed by atoms with van der Waals surface area (Å²) < 4.78 is 12.9. The molecule has 37 heavy (non-hydrogen) atoms. The van der Waals surface area contributed by atoms with Gasteiger partial charge in [-0.15, -0.1) is 0 Å². The average molecular weight is 499 g/mol. The van der Waals surface area contributed by atoms with Crippen LogP contribution in [0.25, 0.3) is 11.0 Å². The van der Waals surface area contributed by atoms with E-state index >= 15 is 0 Å². The van der Waals surface area contributed by atoms with Crippen molar-refractivity contribution in [3.63, 3.8) is 0 Å². The van der Waals surface area contributed by atoms with Gasteiger partial charge in [0.05, 0.1) is 30.9 Å². The number of hydrogen-bond acceptors (Lipinski definition) is 5. The maximum atomic E-state index is 13.3. The Hall–Kier alpha value is -4.33. The van der Waals surface area contributed by atoms with Crippen molar-refractivity contribution in [3.05, 3.63) is 84.2 Å². The van der Waals surface area contributed by atoms with E-state index < -0.39 is 0 Å². The summed E-state index contributed by atoms with van der Waals surface area (Å²) in [7, 11) is 4.98. The lowest BCUT2D eigenvalue weighted by atomic mass is 10.1. The first kappa shape index (κ1) is 24.4. The lowest BCUT2D eigenvalue weighted by Crippen LogP contribution is -2.30. The molecular formula is C29H30N4O4. The van der Waals surface area contributed by atoms with Crippen LogP contribution in [0.5, 0.6) is 11.5 Å². The minimum atomic E-state index is -0.178. The summed E-state index contributed by atoms with van der Waals surface area (Å²) >= 11 is 0. The van der Waals surface area contributed by atoms with E-state index in [0.717, 1.165) is 22.4 Å². The summed E-state index contributed by atoms with van der Waals surface area (Å²) in [5, 5.41) is 0. The van der Waals surface area contributed by atoms with E-state index in [0.29, 0.717) is 30.3 Å². The van der Waals surface area contributed by atoms with Gasteiger partial charge in [-0.3, -0.25) is 9.59 Å². The van der Waals surface area contributed by atoms with Crippen molar-refractivity contribution < 1.29 is 19.1 Å². The zero-order valence-electron chi connectivity index (χ0n) is 21.3. The third-order valence-electron chi connectivity index (χ3n) is 6.83. The fourth-order valence-corrected chi connectivity index (χ4v) is 4.89. The molecule has 2 heterocycles. The van der Waals surface area contributed by atoms with Crippen LogP contribution in [0.4, 0.5) is 5.69 Å². The number of hydrogen-bond donors (Lipinski definition) is 0. The highest BCUT2D eigenvalue weighted by Crippen LogP contribution is 2.39. The van der Waals surface area contributed by atoms with Crippen LogP contribution in [0.1, 0.15) is 23.7 Å². The summed E-state index contributed by atoms with van der Waals surface area (Å²) in [6, 6.07) is 23.1. The zero-order valence-corrected chi connectivity index (χ0v) is 21.3. The normalized spacial score (nSPS) is 15.3. The minimum Gasteiger partial charge on any atom is -0.497 e. The summed E-state index contributed by atoms with van der Waals surface area (Å²) in [4.78, 5) is 34.8. The predicted octanol–water partition coefficient (Wildman–Crippen LogP) is 4.23. The summed E-state index contributed by atoms with van der Waals surface area (Å²) in [6.07, 6.45) is 0.289. The molecule has 1 atom stereocenters. The highest BCUT2D eigenvalue weighted by Gasteiger charge is 2.36. The molecule has 0 saturated carbocycles. The molecule has 4 aromatic rings. The molecule has 1 aliphatic rings. The molecule has 0 N–H and O–H groups in total. The smallest absolute Gasteiger partial charge is 0.242 e. The standard InChI is InChI=1S/C29H30N4O4/c1-31(17-20-9-5-4-6-10-20)28(35)19-33-24-12-8-7-11-23(24)30-29(33)21-15-27(34)32(18-21)25-16-22(36-2)13-14-26(25)37-3/h4-14,16,21H,15,17-19H2,1-3H3. The van der Waals surface area contributed by atoms with Gasteiger partial charge in [0.15, 0.2) is 0 Å². The Labute approximate surface area is 216 Å². The first-order valence-corrected chi connectivity index (χ1v) is 12.2. The molecule has 8 heteroatoms. The van der Waals surface area contributed by atoms with Gasteiger partial charge in [-0.25, -0.2) is 4.98 Å². The van der Waals surface area contributed by atoms with Crippen LogP contribution in [0.2, 0.25) is 0 Å². The van der Waals surface area contributed by atoms with Gasteiger partial charge in [-0.05, 0) is 29.8 Å². The molecule has 8 nitrogen and oxygen atoms in total. The number of amides is 2. The third-order valence-corrected chi connectivity index (χ3v) is 6.83. The highest BCUT2D eigenvalue weighted by molar-refractivity contribution is 5.98. The third kappa shape index (κ3) is 4.87. The Kier molecular flexibility index (Phi) is 6.81. The Morgan fingerprint density at radius 2 is 1.78 bits per heavy atom. The number of aromatic nitrogens is 2. The fourth-order valence-electron chi connectivity index (χ4n) is 4.89. The molecule has 0 bridgehead atoms. The molecule has 0 spiro atoms. The molecular weight excluding hydrogens is 468 g/mol. The molecule has 1 aliphatic heterocycles. The number of carbonyl (C=O) groups is 2. The minimum absolute atomic E-state index is 0.0242. The number of anilines is 1. The summed E-state index contributed by atoms with van der Waals surface area (Å²) in [5.74, 6) is 1.75. The molecule has 190 valence electrons. The van der Waals surface area contributed by atoms with Crippen LogP contribution in [0, 0.1) is 0 Å². The van der Waals surface area contributed by atoms with Crippen molar-refractivity contribution >= 4 is 28.5 Å². The van der Waals surface area contributed by atoms with Crippen LogP contribution >= 0.6 is 0 Å². The van der Waals surface area contributed by atoms with Crippen molar-refractivity contribution in [2.45, 2.75) is 25.4 Å². The number of methoxy groups -OCH3 is 2. The molecule has 1 unspecified atom stereocenters. The second-order valence-electron chi connectivity index (χ2n) is 9.22. The number of imidazole rings is 1. The first-order valence-electron chi connectivity index (χ1n) is 12.2. The Morgan fingerprint density at radius 1 is 1.03 bits per heavy atom. The topological polar surface area (TPSA) is 76.9 Å². The molecule has 2 amide bonds. The van der Waals surface area contributed by atoms with E-state index in [1.165, 1.54) is 0 Å². The number of carbonyl (C=O) groups excluding carboxylic acids is 2. The van der Waals surface area contributed by atoms with Crippen LogP contribution in [-0.4, -0.2) is 54.1 Å². The van der Waals surface area contributed by atoms with Gasteiger partial charge in [0.25, 0.3) is 0 Å². The van der Waals surface area contributed by atoms with E-state index in [-0.39, 0.29) is 30.7 Å². The largest absolute Gasteiger partial charge is 0.497 e. The molecule has 0 radical (unpaired) electrons. The molecule has 0 aliphatic carbocycles. The average Bonchev–Trinajstić information content (AvgIpc) is 3.49. The Balaban J connectivity index is 1.44. The van der Waals surface area contributed by atoms with Gasteiger partial charge in [-0.2, -0.15) is 0 Å². The summed E-state index contributed by atoms with van der Waals surface area (Å²) in [5.41, 5.74) is 3.42. The zero-order chi connectivity index (χ0) is 25.9. The predicted molar refractivity (Wildman–Crippen MR) is 142 cm³/mol. The van der Waals surface area contributed by atoms with Crippen LogP contribution < -0.4 is 14.4 Å². The van der Waals surface area contributed by atoms with E-state index in [1.54, 1.807) is 36.2 Å². The molecule has 1 aromatic heterocycles.